The SMILES string of the molecule is COc1ccc(C(OCCO)c2ccc(OC)cc2)cc1. The predicted octanol–water partition coefficient (Wildman–Crippen LogP) is 2.80. The predicted molar refractivity (Wildman–Crippen MR) is 80.9 cm³/mol. The summed E-state index contributed by atoms with van der Waals surface area (Å²) in [6, 6.07) is 15.4. The van der Waals surface area contributed by atoms with Crippen LogP contribution in [0, 0.1) is 0 Å². The molecule has 112 valence electrons. The molecule has 0 unspecified atom stereocenters. The molecule has 21 heavy (non-hydrogen) atoms. The molecule has 1 N–H and O–H groups in total. The Morgan fingerprint density at radius 3 is 1.57 bits per heavy atom. The molecule has 0 saturated carbocycles. The van der Waals surface area contributed by atoms with Crippen LogP contribution in [0.3, 0.4) is 0 Å². The highest BCUT2D eigenvalue weighted by atomic mass is 16.5. The van der Waals surface area contributed by atoms with Gasteiger partial charge in [0.2, 0.25) is 0 Å². The molecule has 0 aliphatic heterocycles. The second-order valence-electron chi connectivity index (χ2n) is 4.52. The molecule has 0 atom stereocenters. The van der Waals surface area contributed by atoms with Crippen LogP contribution in [0.1, 0.15) is 17.2 Å². The normalized spacial score (nSPS) is 10.7. The van der Waals surface area contributed by atoms with Crippen LogP contribution in [-0.2, 0) is 4.74 Å². The fourth-order valence-electron chi connectivity index (χ4n) is 2.11. The third-order valence-electron chi connectivity index (χ3n) is 3.21. The number of rotatable bonds is 7. The number of hydrogen-bond donors (Lipinski definition) is 1. The first-order chi connectivity index (χ1) is 10.3. The fourth-order valence-corrected chi connectivity index (χ4v) is 2.11. The second-order valence-corrected chi connectivity index (χ2v) is 4.52. The lowest BCUT2D eigenvalue weighted by atomic mass is 10.0. The quantitative estimate of drug-likeness (QED) is 0.851. The summed E-state index contributed by atoms with van der Waals surface area (Å²) >= 11 is 0. The van der Waals surface area contributed by atoms with E-state index in [0.717, 1.165) is 22.6 Å². The van der Waals surface area contributed by atoms with Crippen LogP contribution in [0.4, 0.5) is 0 Å². The lowest BCUT2D eigenvalue weighted by Crippen LogP contribution is -2.09. The molecule has 0 radical (unpaired) electrons. The molecule has 2 rings (SSSR count). The van der Waals surface area contributed by atoms with Gasteiger partial charge in [-0.25, -0.2) is 0 Å². The number of aliphatic hydroxyl groups excluding tert-OH is 1. The van der Waals surface area contributed by atoms with Gasteiger partial charge in [-0.15, -0.1) is 0 Å². The minimum absolute atomic E-state index is 0.0111. The lowest BCUT2D eigenvalue weighted by molar-refractivity contribution is 0.0501. The van der Waals surface area contributed by atoms with Gasteiger partial charge in [-0.1, -0.05) is 24.3 Å². The Labute approximate surface area is 124 Å². The van der Waals surface area contributed by atoms with Gasteiger partial charge in [-0.2, -0.15) is 0 Å². The number of methoxy groups -OCH3 is 2. The monoisotopic (exact) mass is 288 g/mol. The van der Waals surface area contributed by atoms with E-state index in [1.54, 1.807) is 14.2 Å². The Balaban J connectivity index is 2.26. The van der Waals surface area contributed by atoms with E-state index in [0.29, 0.717) is 0 Å². The summed E-state index contributed by atoms with van der Waals surface area (Å²) in [5, 5.41) is 9.01. The van der Waals surface area contributed by atoms with Crippen LogP contribution < -0.4 is 9.47 Å². The largest absolute Gasteiger partial charge is 0.497 e. The fraction of sp³-hybridized carbons (Fsp3) is 0.294. The zero-order valence-corrected chi connectivity index (χ0v) is 12.3. The summed E-state index contributed by atoms with van der Waals surface area (Å²) in [6.45, 7) is 0.269. The van der Waals surface area contributed by atoms with E-state index in [-0.39, 0.29) is 19.3 Å². The first-order valence-corrected chi connectivity index (χ1v) is 6.79. The van der Waals surface area contributed by atoms with Crippen LogP contribution in [0.15, 0.2) is 48.5 Å². The molecule has 0 amide bonds. The van der Waals surface area contributed by atoms with Gasteiger partial charge in [-0.05, 0) is 35.4 Å². The molecule has 0 spiro atoms. The van der Waals surface area contributed by atoms with Gasteiger partial charge in [0.1, 0.15) is 17.6 Å². The van der Waals surface area contributed by atoms with Gasteiger partial charge >= 0.3 is 0 Å². The van der Waals surface area contributed by atoms with Gasteiger partial charge in [0, 0.05) is 0 Å². The molecule has 0 aliphatic rings. The standard InChI is InChI=1S/C17H20O4/c1-19-15-7-3-13(4-8-15)17(21-12-11-18)14-5-9-16(20-2)10-6-14/h3-10,17-18H,11-12H2,1-2H3. The number of hydrogen-bond acceptors (Lipinski definition) is 4. The molecule has 0 aromatic heterocycles. The maximum Gasteiger partial charge on any atom is 0.118 e. The van der Waals surface area contributed by atoms with Crippen molar-refractivity contribution in [2.75, 3.05) is 27.4 Å². The Bertz CT molecular complexity index is 486. The summed E-state index contributed by atoms with van der Waals surface area (Å²) in [6.07, 6.45) is -0.228. The molecule has 2 aromatic rings. The van der Waals surface area contributed by atoms with Crippen molar-refractivity contribution in [2.24, 2.45) is 0 Å². The Morgan fingerprint density at radius 1 is 0.810 bits per heavy atom. The molecule has 0 saturated heterocycles. The second kappa shape index (κ2) is 7.67. The highest BCUT2D eigenvalue weighted by Crippen LogP contribution is 2.28. The first kappa shape index (κ1) is 15.4. The van der Waals surface area contributed by atoms with Gasteiger partial charge in [-0.3, -0.25) is 0 Å². The van der Waals surface area contributed by atoms with Crippen molar-refractivity contribution in [3.05, 3.63) is 59.7 Å². The van der Waals surface area contributed by atoms with E-state index >= 15 is 0 Å². The van der Waals surface area contributed by atoms with Crippen LogP contribution in [0.2, 0.25) is 0 Å². The minimum Gasteiger partial charge on any atom is -0.497 e. The topological polar surface area (TPSA) is 47.9 Å². The van der Waals surface area contributed by atoms with E-state index in [9.17, 15) is 0 Å². The summed E-state index contributed by atoms with van der Waals surface area (Å²) in [7, 11) is 3.27. The first-order valence-electron chi connectivity index (χ1n) is 6.79. The van der Waals surface area contributed by atoms with E-state index in [1.165, 1.54) is 0 Å². The lowest BCUT2D eigenvalue weighted by Gasteiger charge is -2.19. The number of aliphatic hydroxyl groups is 1. The van der Waals surface area contributed by atoms with Gasteiger partial charge in [0.25, 0.3) is 0 Å². The third kappa shape index (κ3) is 3.97. The molecular weight excluding hydrogens is 268 g/mol. The maximum absolute atomic E-state index is 9.01. The molecule has 4 heteroatoms. The minimum atomic E-state index is -0.228. The molecule has 0 aliphatic carbocycles. The Kier molecular flexibility index (Phi) is 5.60. The van der Waals surface area contributed by atoms with Gasteiger partial charge in [0.05, 0.1) is 27.4 Å². The number of ether oxygens (including phenoxy) is 3. The van der Waals surface area contributed by atoms with Crippen molar-refractivity contribution < 1.29 is 19.3 Å². The average molecular weight is 288 g/mol. The summed E-state index contributed by atoms with van der Waals surface area (Å²) in [4.78, 5) is 0. The van der Waals surface area contributed by atoms with Crippen molar-refractivity contribution in [1.82, 2.24) is 0 Å². The average Bonchev–Trinajstić information content (AvgIpc) is 2.56. The number of benzene rings is 2. The van der Waals surface area contributed by atoms with Crippen molar-refractivity contribution >= 4 is 0 Å². The molecule has 0 fully saturated rings. The molecule has 0 heterocycles. The van der Waals surface area contributed by atoms with E-state index in [1.807, 2.05) is 48.5 Å². The molecule has 4 nitrogen and oxygen atoms in total. The Morgan fingerprint density at radius 2 is 1.24 bits per heavy atom. The van der Waals surface area contributed by atoms with Crippen LogP contribution >= 0.6 is 0 Å². The van der Waals surface area contributed by atoms with Crippen molar-refractivity contribution in [1.29, 1.82) is 0 Å². The van der Waals surface area contributed by atoms with Crippen molar-refractivity contribution in [2.45, 2.75) is 6.10 Å². The van der Waals surface area contributed by atoms with Crippen LogP contribution in [0.25, 0.3) is 0 Å². The summed E-state index contributed by atoms with van der Waals surface area (Å²) in [5.41, 5.74) is 2.02. The highest BCUT2D eigenvalue weighted by molar-refractivity contribution is 5.36. The zero-order chi connectivity index (χ0) is 15.1. The third-order valence-corrected chi connectivity index (χ3v) is 3.21. The summed E-state index contributed by atoms with van der Waals surface area (Å²) < 4.78 is 16.1. The summed E-state index contributed by atoms with van der Waals surface area (Å²) in [5.74, 6) is 1.60. The molecule has 0 bridgehead atoms. The molecular formula is C17H20O4. The van der Waals surface area contributed by atoms with E-state index in [2.05, 4.69) is 0 Å². The van der Waals surface area contributed by atoms with E-state index in [4.69, 9.17) is 19.3 Å². The van der Waals surface area contributed by atoms with Gasteiger partial charge < -0.3 is 19.3 Å². The van der Waals surface area contributed by atoms with Crippen LogP contribution in [-0.4, -0.2) is 32.5 Å². The van der Waals surface area contributed by atoms with Crippen LogP contribution in [0.5, 0.6) is 11.5 Å². The van der Waals surface area contributed by atoms with Crippen molar-refractivity contribution in [3.63, 3.8) is 0 Å². The highest BCUT2D eigenvalue weighted by Gasteiger charge is 2.15. The maximum atomic E-state index is 9.01. The smallest absolute Gasteiger partial charge is 0.118 e. The molecule has 2 aromatic carbocycles. The van der Waals surface area contributed by atoms with E-state index < -0.39 is 0 Å². The van der Waals surface area contributed by atoms with Gasteiger partial charge in [0.15, 0.2) is 0 Å². The zero-order valence-electron chi connectivity index (χ0n) is 12.3. The van der Waals surface area contributed by atoms with Crippen molar-refractivity contribution in [3.8, 4) is 11.5 Å². The Hall–Kier alpha value is -2.04.